The van der Waals surface area contributed by atoms with Crippen LogP contribution in [0.15, 0.2) is 29.3 Å². The summed E-state index contributed by atoms with van der Waals surface area (Å²) in [4.78, 5) is 22.1. The quantitative estimate of drug-likeness (QED) is 0.469. The zero-order valence-electron chi connectivity index (χ0n) is 19.7. The molecule has 0 bridgehead atoms. The number of hydrogen-bond acceptors (Lipinski definition) is 3. The van der Waals surface area contributed by atoms with E-state index in [9.17, 15) is 4.79 Å². The van der Waals surface area contributed by atoms with Crippen LogP contribution in [0.25, 0.3) is 0 Å². The van der Waals surface area contributed by atoms with Gasteiger partial charge in [-0.3, -0.25) is 9.69 Å². The molecule has 2 N–H and O–H groups in total. The van der Waals surface area contributed by atoms with Crippen molar-refractivity contribution >= 4 is 11.9 Å². The number of benzene rings is 1. The highest BCUT2D eigenvalue weighted by atomic mass is 16.2. The van der Waals surface area contributed by atoms with E-state index in [2.05, 4.69) is 65.5 Å². The second-order valence-corrected chi connectivity index (χ2v) is 8.82. The number of carbonyl (C=O) groups excluding carboxylic acids is 1. The maximum Gasteiger partial charge on any atom is 0.225 e. The molecule has 1 saturated carbocycles. The maximum absolute atomic E-state index is 12.7. The van der Waals surface area contributed by atoms with Crippen LogP contribution < -0.4 is 10.6 Å². The van der Waals surface area contributed by atoms with Gasteiger partial charge < -0.3 is 15.5 Å². The third-order valence-corrected chi connectivity index (χ3v) is 6.70. The predicted octanol–water partition coefficient (Wildman–Crippen LogP) is 3.37. The lowest BCUT2D eigenvalue weighted by Crippen LogP contribution is -2.45. The Morgan fingerprint density at radius 1 is 1.10 bits per heavy atom. The van der Waals surface area contributed by atoms with Crippen molar-refractivity contribution in [2.75, 3.05) is 32.7 Å². The summed E-state index contributed by atoms with van der Waals surface area (Å²) in [6, 6.07) is 8.88. The molecule has 3 rings (SSSR count). The first-order valence-electron chi connectivity index (χ1n) is 12.3. The van der Waals surface area contributed by atoms with Crippen LogP contribution >= 0.6 is 0 Å². The lowest BCUT2D eigenvalue weighted by molar-refractivity contribution is -0.134. The average molecular weight is 428 g/mol. The Morgan fingerprint density at radius 3 is 2.48 bits per heavy atom. The Bertz CT molecular complexity index is 724. The zero-order valence-corrected chi connectivity index (χ0v) is 19.7. The minimum absolute atomic E-state index is 0.267. The summed E-state index contributed by atoms with van der Waals surface area (Å²) in [5, 5.41) is 6.97. The second-order valence-electron chi connectivity index (χ2n) is 8.82. The van der Waals surface area contributed by atoms with Gasteiger partial charge >= 0.3 is 0 Å². The van der Waals surface area contributed by atoms with E-state index in [1.165, 1.54) is 24.0 Å². The van der Waals surface area contributed by atoms with Crippen molar-refractivity contribution in [2.45, 2.75) is 72.0 Å². The zero-order chi connectivity index (χ0) is 22.1. The molecule has 172 valence electrons. The summed E-state index contributed by atoms with van der Waals surface area (Å²) in [7, 11) is 0. The van der Waals surface area contributed by atoms with Crippen molar-refractivity contribution in [2.24, 2.45) is 10.9 Å². The van der Waals surface area contributed by atoms with E-state index in [4.69, 9.17) is 4.99 Å². The van der Waals surface area contributed by atoms with Crippen molar-refractivity contribution in [3.8, 4) is 0 Å². The van der Waals surface area contributed by atoms with Crippen molar-refractivity contribution in [1.29, 1.82) is 0 Å². The Kier molecular flexibility index (Phi) is 9.19. The summed E-state index contributed by atoms with van der Waals surface area (Å²) < 4.78 is 0. The first-order chi connectivity index (χ1) is 15.1. The topological polar surface area (TPSA) is 60.0 Å². The Labute approximate surface area is 188 Å². The van der Waals surface area contributed by atoms with Gasteiger partial charge in [-0.05, 0) is 50.4 Å². The number of rotatable bonds is 9. The molecule has 1 aromatic rings. The molecule has 2 fully saturated rings. The van der Waals surface area contributed by atoms with Gasteiger partial charge in [0.15, 0.2) is 5.96 Å². The fourth-order valence-electron chi connectivity index (χ4n) is 4.74. The van der Waals surface area contributed by atoms with E-state index in [1.54, 1.807) is 0 Å². The normalized spacial score (nSPS) is 19.9. The van der Waals surface area contributed by atoms with E-state index >= 15 is 0 Å². The number of guanidine groups is 1. The monoisotopic (exact) mass is 427 g/mol. The van der Waals surface area contributed by atoms with Crippen LogP contribution in [0.5, 0.6) is 0 Å². The molecule has 31 heavy (non-hydrogen) atoms. The van der Waals surface area contributed by atoms with Crippen LogP contribution in [-0.2, 0) is 17.9 Å². The molecule has 1 amide bonds. The fourth-order valence-corrected chi connectivity index (χ4v) is 4.74. The molecule has 1 aliphatic heterocycles. The lowest BCUT2D eigenvalue weighted by atomic mass is 10.1. The summed E-state index contributed by atoms with van der Waals surface area (Å²) >= 11 is 0. The molecule has 1 aliphatic carbocycles. The first kappa shape index (κ1) is 23.6. The van der Waals surface area contributed by atoms with E-state index < -0.39 is 0 Å². The molecule has 1 unspecified atom stereocenters. The van der Waals surface area contributed by atoms with Crippen LogP contribution in [0.2, 0.25) is 0 Å². The molecule has 2 aliphatic rings. The Hall–Kier alpha value is -2.08. The Balaban J connectivity index is 1.59. The van der Waals surface area contributed by atoms with Crippen LogP contribution in [0.1, 0.15) is 64.0 Å². The smallest absolute Gasteiger partial charge is 0.225 e. The SMILES string of the molecule is CCNC(=NCc1ccccc1CN(CC)CC)NC1CCN(C(=O)C2CCCC2)C1. The highest BCUT2D eigenvalue weighted by molar-refractivity contribution is 5.81. The minimum atomic E-state index is 0.267. The number of nitrogens with zero attached hydrogens (tertiary/aromatic N) is 3. The number of carbonyl (C=O) groups is 1. The lowest BCUT2D eigenvalue weighted by Gasteiger charge is -2.22. The van der Waals surface area contributed by atoms with Gasteiger partial charge in [0.1, 0.15) is 0 Å². The molecule has 1 aromatic carbocycles. The highest BCUT2D eigenvalue weighted by Crippen LogP contribution is 2.27. The van der Waals surface area contributed by atoms with Gasteiger partial charge in [-0.15, -0.1) is 0 Å². The van der Waals surface area contributed by atoms with Crippen LogP contribution in [0, 0.1) is 5.92 Å². The number of aliphatic imine (C=N–C) groups is 1. The van der Waals surface area contributed by atoms with Crippen molar-refractivity contribution < 1.29 is 4.79 Å². The van der Waals surface area contributed by atoms with Gasteiger partial charge in [-0.2, -0.15) is 0 Å². The third kappa shape index (κ3) is 6.70. The van der Waals surface area contributed by atoms with E-state index in [1.807, 2.05) is 0 Å². The molecule has 6 heteroatoms. The number of nitrogens with one attached hydrogen (secondary N) is 2. The molecule has 0 spiro atoms. The van der Waals surface area contributed by atoms with Crippen LogP contribution in [0.4, 0.5) is 0 Å². The van der Waals surface area contributed by atoms with E-state index in [-0.39, 0.29) is 12.0 Å². The van der Waals surface area contributed by atoms with Gasteiger partial charge in [-0.25, -0.2) is 4.99 Å². The molecular formula is C25H41N5O. The minimum Gasteiger partial charge on any atom is -0.357 e. The third-order valence-electron chi connectivity index (χ3n) is 6.70. The maximum atomic E-state index is 12.7. The van der Waals surface area contributed by atoms with Crippen molar-refractivity contribution in [3.63, 3.8) is 0 Å². The molecule has 0 radical (unpaired) electrons. The summed E-state index contributed by atoms with van der Waals surface area (Å²) in [5.41, 5.74) is 2.62. The number of likely N-dealkylation sites (tertiary alicyclic amines) is 1. The molecule has 6 nitrogen and oxygen atoms in total. The largest absolute Gasteiger partial charge is 0.357 e. The molecule has 1 heterocycles. The van der Waals surface area contributed by atoms with E-state index in [0.29, 0.717) is 12.5 Å². The van der Waals surface area contributed by atoms with E-state index in [0.717, 1.165) is 64.5 Å². The van der Waals surface area contributed by atoms with Crippen LogP contribution in [-0.4, -0.2) is 60.4 Å². The standard InChI is InChI=1S/C25H41N5O/c1-4-26-25(27-17-21-13-9-10-14-22(21)18-29(5-2)6-3)28-23-15-16-30(19-23)24(31)20-11-7-8-12-20/h9-10,13-14,20,23H,4-8,11-12,15-19H2,1-3H3,(H2,26,27,28). The molecular weight excluding hydrogens is 386 g/mol. The Morgan fingerprint density at radius 2 is 1.81 bits per heavy atom. The van der Waals surface area contributed by atoms with Crippen molar-refractivity contribution in [1.82, 2.24) is 20.4 Å². The van der Waals surface area contributed by atoms with Gasteiger partial charge in [0, 0.05) is 38.1 Å². The number of amides is 1. The first-order valence-corrected chi connectivity index (χ1v) is 12.3. The second kappa shape index (κ2) is 12.1. The number of hydrogen-bond donors (Lipinski definition) is 2. The van der Waals surface area contributed by atoms with Crippen LogP contribution in [0.3, 0.4) is 0 Å². The van der Waals surface area contributed by atoms with Gasteiger partial charge in [0.2, 0.25) is 5.91 Å². The van der Waals surface area contributed by atoms with Gasteiger partial charge in [-0.1, -0.05) is 51.0 Å². The highest BCUT2D eigenvalue weighted by Gasteiger charge is 2.32. The predicted molar refractivity (Wildman–Crippen MR) is 128 cm³/mol. The fraction of sp³-hybridized carbons (Fsp3) is 0.680. The summed E-state index contributed by atoms with van der Waals surface area (Å²) in [5.74, 6) is 1.48. The molecule has 1 atom stereocenters. The van der Waals surface area contributed by atoms with Crippen molar-refractivity contribution in [3.05, 3.63) is 35.4 Å². The van der Waals surface area contributed by atoms with Gasteiger partial charge in [0.25, 0.3) is 0 Å². The molecule has 0 aromatic heterocycles. The summed E-state index contributed by atoms with van der Waals surface area (Å²) in [6.07, 6.45) is 5.55. The average Bonchev–Trinajstić information content (AvgIpc) is 3.49. The summed E-state index contributed by atoms with van der Waals surface area (Å²) in [6.45, 7) is 12.7. The molecule has 1 saturated heterocycles. The van der Waals surface area contributed by atoms with Gasteiger partial charge in [0.05, 0.1) is 6.54 Å².